The highest BCUT2D eigenvalue weighted by Gasteiger charge is 2.11. The summed E-state index contributed by atoms with van der Waals surface area (Å²) >= 11 is 4.84. The van der Waals surface area contributed by atoms with Crippen LogP contribution in [0.25, 0.3) is 0 Å². The monoisotopic (exact) mass is 280 g/mol. The molecule has 19 heavy (non-hydrogen) atoms. The van der Waals surface area contributed by atoms with E-state index in [1.54, 1.807) is 19.1 Å². The zero-order valence-electron chi connectivity index (χ0n) is 10.3. The van der Waals surface area contributed by atoms with Gasteiger partial charge in [0.15, 0.2) is 5.82 Å². The lowest BCUT2D eigenvalue weighted by molar-refractivity contribution is 0.387. The van der Waals surface area contributed by atoms with Gasteiger partial charge in [0.2, 0.25) is 5.89 Å². The molecular formula is C12H13FN4OS. The minimum Gasteiger partial charge on any atom is -0.389 e. The first-order valence-corrected chi connectivity index (χ1v) is 6.10. The van der Waals surface area contributed by atoms with Crippen LogP contribution in [-0.2, 0) is 6.42 Å². The first-order chi connectivity index (χ1) is 9.08. The number of nitrogens with zero attached hydrogens (tertiary/aromatic N) is 2. The van der Waals surface area contributed by atoms with E-state index in [-0.39, 0.29) is 10.6 Å². The first-order valence-electron chi connectivity index (χ1n) is 5.69. The minimum absolute atomic E-state index is 0.0241. The highest BCUT2D eigenvalue weighted by Crippen LogP contribution is 2.18. The van der Waals surface area contributed by atoms with Crippen molar-refractivity contribution in [1.82, 2.24) is 10.1 Å². The molecule has 0 spiro atoms. The fourth-order valence-corrected chi connectivity index (χ4v) is 1.88. The van der Waals surface area contributed by atoms with E-state index < -0.39 is 5.82 Å². The van der Waals surface area contributed by atoms with E-state index in [0.717, 1.165) is 0 Å². The summed E-state index contributed by atoms with van der Waals surface area (Å²) in [5, 5.41) is 6.84. The summed E-state index contributed by atoms with van der Waals surface area (Å²) in [5.41, 5.74) is 6.30. The molecule has 5 nitrogen and oxygen atoms in total. The number of halogens is 1. The van der Waals surface area contributed by atoms with Gasteiger partial charge < -0.3 is 15.6 Å². The molecule has 0 fully saturated rings. The summed E-state index contributed by atoms with van der Waals surface area (Å²) in [7, 11) is 0. The predicted octanol–water partition coefficient (Wildman–Crippen LogP) is 1.81. The lowest BCUT2D eigenvalue weighted by Crippen LogP contribution is -2.16. The number of rotatable bonds is 5. The highest BCUT2D eigenvalue weighted by molar-refractivity contribution is 7.80. The van der Waals surface area contributed by atoms with Crippen molar-refractivity contribution in [3.05, 3.63) is 41.3 Å². The number of benzene rings is 1. The maximum absolute atomic E-state index is 13.6. The van der Waals surface area contributed by atoms with Crippen molar-refractivity contribution in [3.8, 4) is 0 Å². The standard InChI is InChI=1S/C12H13FN4OS/c1-7-16-10(17-18-7)5-6-15-9-4-2-3-8(13)11(9)12(14)19/h2-4,15H,5-6H2,1H3,(H2,14,19). The summed E-state index contributed by atoms with van der Waals surface area (Å²) in [6, 6.07) is 4.64. The van der Waals surface area contributed by atoms with Gasteiger partial charge in [-0.2, -0.15) is 4.98 Å². The summed E-state index contributed by atoms with van der Waals surface area (Å²) in [6.07, 6.45) is 0.560. The summed E-state index contributed by atoms with van der Waals surface area (Å²) in [4.78, 5) is 4.10. The van der Waals surface area contributed by atoms with Crippen LogP contribution in [0.1, 0.15) is 17.3 Å². The average Bonchev–Trinajstić information content (AvgIpc) is 2.74. The summed E-state index contributed by atoms with van der Waals surface area (Å²) < 4.78 is 18.5. The van der Waals surface area contributed by atoms with E-state index in [1.807, 2.05) is 0 Å². The van der Waals surface area contributed by atoms with Crippen LogP contribution in [0.15, 0.2) is 22.7 Å². The van der Waals surface area contributed by atoms with Gasteiger partial charge in [0.05, 0.1) is 5.56 Å². The third-order valence-electron chi connectivity index (χ3n) is 2.49. The normalized spacial score (nSPS) is 10.4. The molecule has 0 atom stereocenters. The fourth-order valence-electron chi connectivity index (χ4n) is 1.67. The SMILES string of the molecule is Cc1nc(CCNc2cccc(F)c2C(N)=S)no1. The van der Waals surface area contributed by atoms with Gasteiger partial charge in [-0.1, -0.05) is 23.4 Å². The second-order valence-electron chi connectivity index (χ2n) is 3.93. The lowest BCUT2D eigenvalue weighted by Gasteiger charge is -2.10. The van der Waals surface area contributed by atoms with Crippen LogP contribution < -0.4 is 11.1 Å². The Kier molecular flexibility index (Phi) is 4.06. The van der Waals surface area contributed by atoms with Crippen LogP contribution in [0.3, 0.4) is 0 Å². The number of anilines is 1. The van der Waals surface area contributed by atoms with Crippen LogP contribution in [0.5, 0.6) is 0 Å². The summed E-state index contributed by atoms with van der Waals surface area (Å²) in [6.45, 7) is 2.25. The Hall–Kier alpha value is -2.02. The van der Waals surface area contributed by atoms with Crippen molar-refractivity contribution in [2.45, 2.75) is 13.3 Å². The van der Waals surface area contributed by atoms with Crippen molar-refractivity contribution in [3.63, 3.8) is 0 Å². The fraction of sp³-hybridized carbons (Fsp3) is 0.250. The van der Waals surface area contributed by atoms with Gasteiger partial charge in [0.25, 0.3) is 0 Å². The molecule has 0 aliphatic heterocycles. The van der Waals surface area contributed by atoms with E-state index in [9.17, 15) is 4.39 Å². The van der Waals surface area contributed by atoms with Crippen LogP contribution in [-0.4, -0.2) is 21.7 Å². The van der Waals surface area contributed by atoms with E-state index in [4.69, 9.17) is 22.5 Å². The van der Waals surface area contributed by atoms with Crippen LogP contribution in [0.2, 0.25) is 0 Å². The first kappa shape index (κ1) is 13.4. The molecule has 100 valence electrons. The summed E-state index contributed by atoms with van der Waals surface area (Å²) in [5.74, 6) is 0.677. The Bertz CT molecular complexity index is 599. The molecule has 1 heterocycles. The zero-order valence-corrected chi connectivity index (χ0v) is 11.1. The molecule has 0 amide bonds. The Balaban J connectivity index is 2.03. The largest absolute Gasteiger partial charge is 0.389 e. The molecule has 3 N–H and O–H groups in total. The molecule has 2 rings (SSSR count). The van der Waals surface area contributed by atoms with Crippen molar-refractivity contribution < 1.29 is 8.91 Å². The van der Waals surface area contributed by atoms with E-state index >= 15 is 0 Å². The third-order valence-corrected chi connectivity index (χ3v) is 2.70. The van der Waals surface area contributed by atoms with Gasteiger partial charge in [-0.15, -0.1) is 0 Å². The molecule has 0 unspecified atom stereocenters. The minimum atomic E-state index is -0.437. The van der Waals surface area contributed by atoms with Gasteiger partial charge in [-0.3, -0.25) is 0 Å². The van der Waals surface area contributed by atoms with E-state index in [0.29, 0.717) is 30.4 Å². The quantitative estimate of drug-likeness (QED) is 0.813. The molecule has 1 aromatic heterocycles. The number of thiocarbonyl (C=S) groups is 1. The van der Waals surface area contributed by atoms with Crippen LogP contribution in [0, 0.1) is 12.7 Å². The molecule has 0 saturated heterocycles. The molecule has 0 bridgehead atoms. The molecule has 1 aromatic carbocycles. The molecule has 0 saturated carbocycles. The average molecular weight is 280 g/mol. The molecule has 0 aliphatic carbocycles. The maximum Gasteiger partial charge on any atom is 0.223 e. The number of aromatic nitrogens is 2. The Labute approximate surface area is 115 Å². The second kappa shape index (κ2) is 5.75. The smallest absolute Gasteiger partial charge is 0.223 e. The molecule has 0 aliphatic rings. The zero-order chi connectivity index (χ0) is 13.8. The highest BCUT2D eigenvalue weighted by atomic mass is 32.1. The lowest BCUT2D eigenvalue weighted by atomic mass is 10.1. The Morgan fingerprint density at radius 2 is 2.32 bits per heavy atom. The second-order valence-corrected chi connectivity index (χ2v) is 4.37. The number of hydrogen-bond acceptors (Lipinski definition) is 5. The number of aryl methyl sites for hydroxylation is 1. The topological polar surface area (TPSA) is 77.0 Å². The van der Waals surface area contributed by atoms with Crippen LogP contribution >= 0.6 is 12.2 Å². The molecular weight excluding hydrogens is 267 g/mol. The van der Waals surface area contributed by atoms with Crippen molar-refractivity contribution in [2.24, 2.45) is 5.73 Å². The number of hydrogen-bond donors (Lipinski definition) is 2. The third kappa shape index (κ3) is 3.25. The van der Waals surface area contributed by atoms with Crippen molar-refractivity contribution in [1.29, 1.82) is 0 Å². The van der Waals surface area contributed by atoms with Crippen molar-refractivity contribution in [2.75, 3.05) is 11.9 Å². The van der Waals surface area contributed by atoms with Gasteiger partial charge in [0, 0.05) is 25.6 Å². The van der Waals surface area contributed by atoms with Gasteiger partial charge >= 0.3 is 0 Å². The van der Waals surface area contributed by atoms with Crippen molar-refractivity contribution >= 4 is 22.9 Å². The number of nitrogens with one attached hydrogen (secondary N) is 1. The van der Waals surface area contributed by atoms with Crippen LogP contribution in [0.4, 0.5) is 10.1 Å². The Morgan fingerprint density at radius 3 is 2.95 bits per heavy atom. The molecule has 7 heteroatoms. The van der Waals surface area contributed by atoms with Gasteiger partial charge in [-0.25, -0.2) is 4.39 Å². The Morgan fingerprint density at radius 1 is 1.53 bits per heavy atom. The molecule has 2 aromatic rings. The van der Waals surface area contributed by atoms with Gasteiger partial charge in [0.1, 0.15) is 10.8 Å². The predicted molar refractivity (Wildman–Crippen MR) is 73.5 cm³/mol. The number of nitrogens with two attached hydrogens (primary N) is 1. The van der Waals surface area contributed by atoms with E-state index in [1.165, 1.54) is 6.07 Å². The van der Waals surface area contributed by atoms with Gasteiger partial charge in [-0.05, 0) is 12.1 Å². The molecule has 0 radical (unpaired) electrons. The maximum atomic E-state index is 13.6. The van der Waals surface area contributed by atoms with E-state index in [2.05, 4.69) is 15.5 Å².